The van der Waals surface area contributed by atoms with Crippen LogP contribution in [0.5, 0.6) is 5.75 Å². The van der Waals surface area contributed by atoms with Gasteiger partial charge < -0.3 is 21.9 Å². The predicted molar refractivity (Wildman–Crippen MR) is 93.7 cm³/mol. The van der Waals surface area contributed by atoms with Gasteiger partial charge in [-0.15, -0.1) is 11.3 Å². The molecule has 1 aromatic carbocycles. The first-order valence-electron chi connectivity index (χ1n) is 6.84. The van der Waals surface area contributed by atoms with Crippen LogP contribution in [-0.2, 0) is 0 Å². The van der Waals surface area contributed by atoms with Gasteiger partial charge in [0, 0.05) is 16.5 Å². The van der Waals surface area contributed by atoms with Crippen LogP contribution in [0.3, 0.4) is 0 Å². The van der Waals surface area contributed by atoms with Gasteiger partial charge in [-0.05, 0) is 6.07 Å². The lowest BCUT2D eigenvalue weighted by Crippen LogP contribution is -2.10. The van der Waals surface area contributed by atoms with E-state index in [-0.39, 0.29) is 21.9 Å². The van der Waals surface area contributed by atoms with Crippen molar-refractivity contribution in [2.75, 3.05) is 18.6 Å². The zero-order chi connectivity index (χ0) is 17.4. The molecular formula is C16H13N5O2S. The van der Waals surface area contributed by atoms with Crippen molar-refractivity contribution >= 4 is 39.0 Å². The van der Waals surface area contributed by atoms with Crippen LogP contribution in [0.4, 0.5) is 11.5 Å². The third-order valence-electron chi connectivity index (χ3n) is 3.62. The number of nitriles is 1. The Balaban J connectivity index is 2.53. The van der Waals surface area contributed by atoms with Gasteiger partial charge in [-0.25, -0.2) is 4.98 Å². The van der Waals surface area contributed by atoms with E-state index < -0.39 is 5.91 Å². The van der Waals surface area contributed by atoms with Crippen LogP contribution < -0.4 is 21.9 Å². The molecule has 7 nitrogen and oxygen atoms in total. The number of nitrogen functional groups attached to an aromatic ring is 2. The van der Waals surface area contributed by atoms with Gasteiger partial charge in [-0.1, -0.05) is 18.2 Å². The number of fused-ring (bicyclic) bond motifs is 1. The fraction of sp³-hybridized carbons (Fsp3) is 0.0625. The maximum atomic E-state index is 11.6. The summed E-state index contributed by atoms with van der Waals surface area (Å²) in [6.45, 7) is 0. The molecule has 0 saturated carbocycles. The van der Waals surface area contributed by atoms with Crippen LogP contribution >= 0.6 is 11.3 Å². The maximum Gasteiger partial charge on any atom is 0.260 e. The number of amides is 1. The van der Waals surface area contributed by atoms with E-state index in [1.807, 2.05) is 6.07 Å². The molecule has 0 saturated heterocycles. The molecular weight excluding hydrogens is 326 g/mol. The van der Waals surface area contributed by atoms with Crippen molar-refractivity contribution in [2.45, 2.75) is 0 Å². The van der Waals surface area contributed by atoms with Gasteiger partial charge in [-0.3, -0.25) is 4.79 Å². The fourth-order valence-electron chi connectivity index (χ4n) is 2.59. The number of hydrogen-bond acceptors (Lipinski definition) is 7. The minimum Gasteiger partial charge on any atom is -0.496 e. The van der Waals surface area contributed by atoms with Gasteiger partial charge >= 0.3 is 0 Å². The van der Waals surface area contributed by atoms with Gasteiger partial charge in [0.25, 0.3) is 5.91 Å². The van der Waals surface area contributed by atoms with Gasteiger partial charge in [0.2, 0.25) is 0 Å². The van der Waals surface area contributed by atoms with Crippen molar-refractivity contribution in [3.63, 3.8) is 0 Å². The fourth-order valence-corrected chi connectivity index (χ4v) is 3.55. The number of carbonyl (C=O) groups excluding carboxylic acids is 1. The molecule has 6 N–H and O–H groups in total. The lowest BCUT2D eigenvalue weighted by atomic mass is 9.96. The van der Waals surface area contributed by atoms with Crippen molar-refractivity contribution in [3.05, 3.63) is 34.7 Å². The molecule has 8 heteroatoms. The normalized spacial score (nSPS) is 10.5. The Labute approximate surface area is 141 Å². The number of rotatable bonds is 3. The lowest BCUT2D eigenvalue weighted by Gasteiger charge is -2.13. The number of aromatic nitrogens is 1. The number of methoxy groups -OCH3 is 1. The number of carbonyl (C=O) groups is 1. The number of ether oxygens (including phenoxy) is 1. The molecule has 2 aromatic heterocycles. The highest BCUT2D eigenvalue weighted by Gasteiger charge is 2.24. The van der Waals surface area contributed by atoms with Gasteiger partial charge in [0.1, 0.15) is 32.9 Å². The zero-order valence-corrected chi connectivity index (χ0v) is 13.5. The standard InChI is InChI=1S/C16H13N5O2S/c1-23-9-5-3-2-4-7(9)10-8(6-17)14(19)21-16-11(10)12(18)13(24-16)15(20)22/h2-5H,18H2,1H3,(H2,19,21)(H2,20,22). The molecule has 1 amide bonds. The Morgan fingerprint density at radius 3 is 2.67 bits per heavy atom. The van der Waals surface area contributed by atoms with Crippen LogP contribution in [-0.4, -0.2) is 18.0 Å². The highest BCUT2D eigenvalue weighted by atomic mass is 32.1. The number of pyridine rings is 1. The molecule has 0 spiro atoms. The first kappa shape index (κ1) is 15.6. The molecule has 2 heterocycles. The number of benzene rings is 1. The van der Waals surface area contributed by atoms with Crippen molar-refractivity contribution in [3.8, 4) is 22.9 Å². The zero-order valence-electron chi connectivity index (χ0n) is 12.7. The summed E-state index contributed by atoms with van der Waals surface area (Å²) in [5.74, 6) is -0.0474. The number of nitrogens with two attached hydrogens (primary N) is 3. The number of para-hydroxylation sites is 1. The van der Waals surface area contributed by atoms with Gasteiger partial charge in [0.05, 0.1) is 12.8 Å². The highest BCUT2D eigenvalue weighted by Crippen LogP contribution is 2.44. The molecule has 0 aliphatic rings. The van der Waals surface area contributed by atoms with Crippen molar-refractivity contribution in [1.82, 2.24) is 4.98 Å². The molecule has 0 atom stereocenters. The van der Waals surface area contributed by atoms with E-state index in [2.05, 4.69) is 11.1 Å². The average Bonchev–Trinajstić information content (AvgIpc) is 2.90. The number of hydrogen-bond donors (Lipinski definition) is 3. The van der Waals surface area contributed by atoms with E-state index >= 15 is 0 Å². The van der Waals surface area contributed by atoms with E-state index in [1.54, 1.807) is 18.2 Å². The Kier molecular flexibility index (Phi) is 3.71. The van der Waals surface area contributed by atoms with Crippen LogP contribution in [0.15, 0.2) is 24.3 Å². The van der Waals surface area contributed by atoms with E-state index in [1.165, 1.54) is 7.11 Å². The SMILES string of the molecule is COc1ccccc1-c1c(C#N)c(N)nc2sc(C(N)=O)c(N)c12. The number of primary amides is 1. The second-order valence-electron chi connectivity index (χ2n) is 4.95. The summed E-state index contributed by atoms with van der Waals surface area (Å²) < 4.78 is 5.38. The van der Waals surface area contributed by atoms with Gasteiger partial charge in [0.15, 0.2) is 0 Å². The molecule has 0 aliphatic heterocycles. The Morgan fingerprint density at radius 1 is 1.33 bits per heavy atom. The summed E-state index contributed by atoms with van der Waals surface area (Å²) in [5.41, 5.74) is 18.9. The summed E-state index contributed by atoms with van der Waals surface area (Å²) in [6, 6.07) is 9.22. The smallest absolute Gasteiger partial charge is 0.260 e. The summed E-state index contributed by atoms with van der Waals surface area (Å²) in [7, 11) is 1.53. The summed E-state index contributed by atoms with van der Waals surface area (Å²) in [5, 5.41) is 10.0. The van der Waals surface area contributed by atoms with Gasteiger partial charge in [-0.2, -0.15) is 5.26 Å². The Bertz CT molecular complexity index is 1020. The second kappa shape index (κ2) is 5.72. The van der Waals surface area contributed by atoms with E-state index in [0.29, 0.717) is 27.1 Å². The second-order valence-corrected chi connectivity index (χ2v) is 5.95. The number of nitrogens with zero attached hydrogens (tertiary/aromatic N) is 2. The lowest BCUT2D eigenvalue weighted by molar-refractivity contribution is 0.100. The summed E-state index contributed by atoms with van der Waals surface area (Å²) in [6.07, 6.45) is 0. The molecule has 0 unspecified atom stereocenters. The van der Waals surface area contributed by atoms with Crippen molar-refractivity contribution < 1.29 is 9.53 Å². The molecule has 3 rings (SSSR count). The molecule has 0 bridgehead atoms. The predicted octanol–water partition coefficient (Wildman–Crippen LogP) is 2.11. The van der Waals surface area contributed by atoms with Crippen LogP contribution in [0.1, 0.15) is 15.2 Å². The Hall–Kier alpha value is -3.31. The summed E-state index contributed by atoms with van der Waals surface area (Å²) >= 11 is 1.05. The van der Waals surface area contributed by atoms with Crippen LogP contribution in [0.2, 0.25) is 0 Å². The van der Waals surface area contributed by atoms with E-state index in [0.717, 1.165) is 11.3 Å². The molecule has 0 radical (unpaired) electrons. The number of anilines is 2. The minimum atomic E-state index is -0.654. The molecule has 120 valence electrons. The molecule has 0 aliphatic carbocycles. The highest BCUT2D eigenvalue weighted by molar-refractivity contribution is 7.21. The minimum absolute atomic E-state index is 0.0585. The molecule has 24 heavy (non-hydrogen) atoms. The third kappa shape index (κ3) is 2.19. The first-order valence-corrected chi connectivity index (χ1v) is 7.66. The first-order chi connectivity index (χ1) is 11.5. The van der Waals surface area contributed by atoms with Crippen molar-refractivity contribution in [2.24, 2.45) is 5.73 Å². The monoisotopic (exact) mass is 339 g/mol. The van der Waals surface area contributed by atoms with E-state index in [9.17, 15) is 10.1 Å². The Morgan fingerprint density at radius 2 is 2.04 bits per heavy atom. The van der Waals surface area contributed by atoms with Crippen LogP contribution in [0.25, 0.3) is 21.3 Å². The quantitative estimate of drug-likeness (QED) is 0.667. The summed E-state index contributed by atoms with van der Waals surface area (Å²) in [4.78, 5) is 16.4. The maximum absolute atomic E-state index is 11.6. The topological polar surface area (TPSA) is 141 Å². The third-order valence-corrected chi connectivity index (χ3v) is 4.73. The van der Waals surface area contributed by atoms with Crippen LogP contribution in [0, 0.1) is 11.3 Å². The molecule has 0 fully saturated rings. The largest absolute Gasteiger partial charge is 0.496 e. The number of thiophene rings is 1. The average molecular weight is 339 g/mol. The van der Waals surface area contributed by atoms with E-state index in [4.69, 9.17) is 21.9 Å². The molecule has 3 aromatic rings. The van der Waals surface area contributed by atoms with Crippen molar-refractivity contribution in [1.29, 1.82) is 5.26 Å².